The lowest BCUT2D eigenvalue weighted by molar-refractivity contribution is -0.114. The Labute approximate surface area is 167 Å². The van der Waals surface area contributed by atoms with E-state index < -0.39 is 0 Å². The van der Waals surface area contributed by atoms with Crippen molar-refractivity contribution in [3.05, 3.63) is 78.9 Å². The smallest absolute Gasteiger partial charge is 0.244 e. The number of thiazole rings is 1. The number of hydrogen-bond donors (Lipinski definition) is 1. The van der Waals surface area contributed by atoms with Crippen LogP contribution in [0.5, 0.6) is 11.5 Å². The van der Waals surface area contributed by atoms with Crippen molar-refractivity contribution in [2.45, 2.75) is 0 Å². The van der Waals surface area contributed by atoms with Gasteiger partial charge in [-0.15, -0.1) is 0 Å². The van der Waals surface area contributed by atoms with E-state index in [1.807, 2.05) is 90.8 Å². The molecule has 3 aromatic carbocycles. The number of carbonyl (C=O) groups excluding carboxylic acids is 1. The van der Waals surface area contributed by atoms with Gasteiger partial charge in [-0.2, -0.15) is 0 Å². The van der Waals surface area contributed by atoms with Crippen LogP contribution >= 0.6 is 11.3 Å². The largest absolute Gasteiger partial charge is 0.455 e. The molecule has 0 spiro atoms. The fourth-order valence-corrected chi connectivity index (χ4v) is 3.70. The van der Waals surface area contributed by atoms with Crippen molar-refractivity contribution in [1.29, 1.82) is 0 Å². The molecule has 28 heavy (non-hydrogen) atoms. The Morgan fingerprint density at radius 3 is 2.54 bits per heavy atom. The Hall–Kier alpha value is -3.38. The molecule has 1 aromatic heterocycles. The Balaban J connectivity index is 1.45. The van der Waals surface area contributed by atoms with E-state index >= 15 is 0 Å². The van der Waals surface area contributed by atoms with Crippen molar-refractivity contribution >= 4 is 38.3 Å². The monoisotopic (exact) mass is 389 g/mol. The van der Waals surface area contributed by atoms with Crippen molar-refractivity contribution in [2.24, 2.45) is 0 Å². The first-order valence-electron chi connectivity index (χ1n) is 8.87. The van der Waals surface area contributed by atoms with E-state index in [0.29, 0.717) is 11.4 Å². The summed E-state index contributed by atoms with van der Waals surface area (Å²) < 4.78 is 7.00. The van der Waals surface area contributed by atoms with Crippen molar-refractivity contribution in [3.8, 4) is 11.5 Å². The summed E-state index contributed by atoms with van der Waals surface area (Å²) in [7, 11) is 1.86. The van der Waals surface area contributed by atoms with Crippen molar-refractivity contribution < 1.29 is 9.53 Å². The summed E-state index contributed by atoms with van der Waals surface area (Å²) in [6.07, 6.45) is 0. The minimum absolute atomic E-state index is 0.133. The normalized spacial score (nSPS) is 10.6. The third kappa shape index (κ3) is 4.13. The number of ether oxygens (including phenoxy) is 1. The Morgan fingerprint density at radius 1 is 1.00 bits per heavy atom. The van der Waals surface area contributed by atoms with E-state index in [2.05, 4.69) is 10.3 Å². The molecule has 0 unspecified atom stereocenters. The van der Waals surface area contributed by atoms with E-state index in [0.717, 1.165) is 21.1 Å². The van der Waals surface area contributed by atoms with Crippen LogP contribution in [0, 0.1) is 0 Å². The van der Waals surface area contributed by atoms with Crippen LogP contribution in [-0.2, 0) is 4.79 Å². The third-order valence-electron chi connectivity index (χ3n) is 4.12. The molecule has 0 bridgehead atoms. The van der Waals surface area contributed by atoms with Gasteiger partial charge in [0, 0.05) is 7.05 Å². The molecule has 4 aromatic rings. The zero-order valence-corrected chi connectivity index (χ0v) is 16.1. The number of fused-ring (bicyclic) bond motifs is 1. The van der Waals surface area contributed by atoms with E-state index in [9.17, 15) is 4.79 Å². The average molecular weight is 389 g/mol. The summed E-state index contributed by atoms with van der Waals surface area (Å²) in [5.41, 5.74) is 1.57. The van der Waals surface area contributed by atoms with Crippen LogP contribution < -0.4 is 15.0 Å². The van der Waals surface area contributed by atoms with Crippen LogP contribution in [0.1, 0.15) is 0 Å². The van der Waals surface area contributed by atoms with Gasteiger partial charge in [0.1, 0.15) is 5.75 Å². The highest BCUT2D eigenvalue weighted by molar-refractivity contribution is 7.22. The van der Waals surface area contributed by atoms with Gasteiger partial charge in [0.2, 0.25) is 5.91 Å². The molecule has 140 valence electrons. The molecule has 5 nitrogen and oxygen atoms in total. The summed E-state index contributed by atoms with van der Waals surface area (Å²) in [4.78, 5) is 19.0. The molecular weight excluding hydrogens is 370 g/mol. The van der Waals surface area contributed by atoms with Gasteiger partial charge in [-0.25, -0.2) is 4.98 Å². The number of anilines is 2. The number of nitrogens with zero attached hydrogens (tertiary/aromatic N) is 2. The minimum atomic E-state index is -0.133. The number of hydrogen-bond acceptors (Lipinski definition) is 5. The van der Waals surface area contributed by atoms with Crippen LogP contribution in [0.25, 0.3) is 10.2 Å². The molecule has 0 fully saturated rings. The fourth-order valence-electron chi connectivity index (χ4n) is 2.77. The molecule has 6 heteroatoms. The first-order valence-corrected chi connectivity index (χ1v) is 9.69. The molecule has 0 aliphatic carbocycles. The van der Waals surface area contributed by atoms with Crippen LogP contribution in [0.2, 0.25) is 0 Å². The van der Waals surface area contributed by atoms with Gasteiger partial charge in [-0.05, 0) is 36.4 Å². The quantitative estimate of drug-likeness (QED) is 0.495. The molecule has 0 aliphatic rings. The SMILES string of the molecule is CN(CC(=O)Nc1ccccc1Oc1ccccc1)c1nc2ccccc2s1. The summed E-state index contributed by atoms with van der Waals surface area (Å²) in [6, 6.07) is 24.8. The zero-order chi connectivity index (χ0) is 19.3. The maximum absolute atomic E-state index is 12.6. The third-order valence-corrected chi connectivity index (χ3v) is 5.27. The Bertz CT molecular complexity index is 1060. The minimum Gasteiger partial charge on any atom is -0.455 e. The standard InChI is InChI=1S/C22H19N3O2S/c1-25(22-24-18-12-6-8-14-20(18)28-22)15-21(26)23-17-11-5-7-13-19(17)27-16-9-3-2-4-10-16/h2-14H,15H2,1H3,(H,23,26). The number of benzene rings is 3. The topological polar surface area (TPSA) is 54.5 Å². The lowest BCUT2D eigenvalue weighted by Gasteiger charge is -2.16. The zero-order valence-electron chi connectivity index (χ0n) is 15.3. The second kappa shape index (κ2) is 8.10. The number of amides is 1. The molecule has 1 N–H and O–H groups in total. The van der Waals surface area contributed by atoms with Crippen LogP contribution in [0.4, 0.5) is 10.8 Å². The fraction of sp³-hybridized carbons (Fsp3) is 0.0909. The number of likely N-dealkylation sites (N-methyl/N-ethyl adjacent to an activating group) is 1. The molecule has 0 atom stereocenters. The molecule has 0 radical (unpaired) electrons. The molecule has 4 rings (SSSR count). The predicted molar refractivity (Wildman–Crippen MR) is 114 cm³/mol. The lowest BCUT2D eigenvalue weighted by atomic mass is 10.3. The summed E-state index contributed by atoms with van der Waals surface area (Å²) in [5, 5.41) is 3.75. The number of nitrogens with one attached hydrogen (secondary N) is 1. The molecule has 0 saturated carbocycles. The van der Waals surface area contributed by atoms with E-state index in [-0.39, 0.29) is 12.5 Å². The van der Waals surface area contributed by atoms with Crippen LogP contribution in [0.3, 0.4) is 0 Å². The second-order valence-corrected chi connectivity index (χ2v) is 7.29. The van der Waals surface area contributed by atoms with E-state index in [1.54, 1.807) is 11.3 Å². The van der Waals surface area contributed by atoms with Gasteiger partial charge in [-0.3, -0.25) is 4.79 Å². The first kappa shape index (κ1) is 18.0. The summed E-state index contributed by atoms with van der Waals surface area (Å²) in [6.45, 7) is 0.194. The second-order valence-electron chi connectivity index (χ2n) is 6.28. The number of rotatable bonds is 6. The van der Waals surface area contributed by atoms with Gasteiger partial charge < -0.3 is 15.0 Å². The van der Waals surface area contributed by atoms with E-state index in [4.69, 9.17) is 4.74 Å². The summed E-state index contributed by atoms with van der Waals surface area (Å²) >= 11 is 1.57. The van der Waals surface area contributed by atoms with Gasteiger partial charge in [-0.1, -0.05) is 53.8 Å². The predicted octanol–water partition coefficient (Wildman–Crippen LogP) is 5.16. The first-order chi connectivity index (χ1) is 13.7. The molecule has 0 saturated heterocycles. The van der Waals surface area contributed by atoms with Crippen molar-refractivity contribution in [1.82, 2.24) is 4.98 Å². The van der Waals surface area contributed by atoms with Gasteiger partial charge >= 0.3 is 0 Å². The van der Waals surface area contributed by atoms with E-state index in [1.165, 1.54) is 0 Å². The van der Waals surface area contributed by atoms with Crippen molar-refractivity contribution in [3.63, 3.8) is 0 Å². The highest BCUT2D eigenvalue weighted by atomic mass is 32.1. The Kier molecular flexibility index (Phi) is 5.21. The highest BCUT2D eigenvalue weighted by Gasteiger charge is 2.14. The number of para-hydroxylation sites is 4. The summed E-state index contributed by atoms with van der Waals surface area (Å²) in [5.74, 6) is 1.19. The van der Waals surface area contributed by atoms with Crippen LogP contribution in [-0.4, -0.2) is 24.5 Å². The Morgan fingerprint density at radius 2 is 1.71 bits per heavy atom. The molecule has 1 heterocycles. The number of carbonyl (C=O) groups is 1. The lowest BCUT2D eigenvalue weighted by Crippen LogP contribution is -2.30. The van der Waals surface area contributed by atoms with Gasteiger partial charge in [0.05, 0.1) is 22.4 Å². The number of aromatic nitrogens is 1. The highest BCUT2D eigenvalue weighted by Crippen LogP contribution is 2.30. The maximum Gasteiger partial charge on any atom is 0.244 e. The molecular formula is C22H19N3O2S. The molecule has 0 aliphatic heterocycles. The average Bonchev–Trinajstić information content (AvgIpc) is 3.15. The maximum atomic E-state index is 12.6. The van der Waals surface area contributed by atoms with Crippen LogP contribution in [0.15, 0.2) is 78.9 Å². The molecule has 1 amide bonds. The van der Waals surface area contributed by atoms with Gasteiger partial charge in [0.15, 0.2) is 10.9 Å². The van der Waals surface area contributed by atoms with Gasteiger partial charge in [0.25, 0.3) is 0 Å². The van der Waals surface area contributed by atoms with Crippen molar-refractivity contribution in [2.75, 3.05) is 23.8 Å².